The first-order valence-corrected chi connectivity index (χ1v) is 7.26. The maximum Gasteiger partial charge on any atom is 0.253 e. The molecule has 2 aromatic rings. The van der Waals surface area contributed by atoms with E-state index in [1.807, 2.05) is 37.3 Å². The van der Waals surface area contributed by atoms with E-state index in [4.69, 9.17) is 4.74 Å². The summed E-state index contributed by atoms with van der Waals surface area (Å²) in [5.74, 6) is 0.405. The maximum atomic E-state index is 12.1. The molecule has 0 aliphatic rings. The van der Waals surface area contributed by atoms with Gasteiger partial charge in [-0.1, -0.05) is 42.5 Å². The Morgan fingerprint density at radius 1 is 1.18 bits per heavy atom. The number of aliphatic hydroxyl groups is 1. The van der Waals surface area contributed by atoms with Crippen molar-refractivity contribution < 1.29 is 14.6 Å². The van der Waals surface area contributed by atoms with E-state index in [2.05, 4.69) is 5.32 Å². The van der Waals surface area contributed by atoms with Gasteiger partial charge in [0.1, 0.15) is 5.75 Å². The van der Waals surface area contributed by atoms with Gasteiger partial charge >= 0.3 is 0 Å². The number of aliphatic hydroxyl groups excluding tert-OH is 1. The average molecular weight is 299 g/mol. The summed E-state index contributed by atoms with van der Waals surface area (Å²) in [6.07, 6.45) is -0.473. The van der Waals surface area contributed by atoms with Gasteiger partial charge in [0.15, 0.2) is 6.10 Å². The van der Waals surface area contributed by atoms with Crippen LogP contribution in [0.25, 0.3) is 0 Å². The Bertz CT molecular complexity index is 613. The molecule has 22 heavy (non-hydrogen) atoms. The molecule has 2 N–H and O–H groups in total. The van der Waals surface area contributed by atoms with Crippen molar-refractivity contribution in [3.05, 3.63) is 65.7 Å². The first-order chi connectivity index (χ1) is 10.6. The third-order valence-electron chi connectivity index (χ3n) is 3.43. The molecular weight excluding hydrogens is 278 g/mol. The second kappa shape index (κ2) is 7.61. The Labute approximate surface area is 130 Å². The Morgan fingerprint density at radius 2 is 1.91 bits per heavy atom. The second-order valence-corrected chi connectivity index (χ2v) is 5.28. The molecule has 4 nitrogen and oxygen atoms in total. The summed E-state index contributed by atoms with van der Waals surface area (Å²) in [4.78, 5) is 12.1. The standard InChI is InChI=1S/C18H21NO3/c1-13(11-14-7-6-10-16(12-14)22-2)19-18(21)17(20)15-8-4-3-5-9-15/h3-10,12-13,17,20H,11H2,1-2H3,(H,19,21)/t13-,17+/m1/s1. The van der Waals surface area contributed by atoms with Crippen LogP contribution >= 0.6 is 0 Å². The van der Waals surface area contributed by atoms with Gasteiger partial charge in [-0.3, -0.25) is 4.79 Å². The highest BCUT2D eigenvalue weighted by Gasteiger charge is 2.18. The van der Waals surface area contributed by atoms with Gasteiger partial charge in [0, 0.05) is 6.04 Å². The molecule has 2 rings (SSSR count). The van der Waals surface area contributed by atoms with Gasteiger partial charge in [0.05, 0.1) is 7.11 Å². The minimum atomic E-state index is -1.14. The summed E-state index contributed by atoms with van der Waals surface area (Å²) in [5, 5.41) is 12.9. The van der Waals surface area contributed by atoms with Crippen LogP contribution in [0, 0.1) is 0 Å². The van der Waals surface area contributed by atoms with Crippen LogP contribution in [0.5, 0.6) is 5.75 Å². The Kier molecular flexibility index (Phi) is 5.55. The number of carbonyl (C=O) groups is 1. The van der Waals surface area contributed by atoms with E-state index in [0.29, 0.717) is 12.0 Å². The van der Waals surface area contributed by atoms with E-state index in [0.717, 1.165) is 11.3 Å². The van der Waals surface area contributed by atoms with Crippen LogP contribution in [0.2, 0.25) is 0 Å². The van der Waals surface area contributed by atoms with Crippen LogP contribution in [0.1, 0.15) is 24.2 Å². The van der Waals surface area contributed by atoms with Crippen molar-refractivity contribution in [3.63, 3.8) is 0 Å². The monoisotopic (exact) mass is 299 g/mol. The number of benzene rings is 2. The predicted molar refractivity (Wildman–Crippen MR) is 85.7 cm³/mol. The summed E-state index contributed by atoms with van der Waals surface area (Å²) < 4.78 is 5.19. The van der Waals surface area contributed by atoms with Crippen molar-refractivity contribution in [1.29, 1.82) is 0 Å². The number of hydrogen-bond donors (Lipinski definition) is 2. The van der Waals surface area contributed by atoms with Crippen molar-refractivity contribution in [2.24, 2.45) is 0 Å². The summed E-state index contributed by atoms with van der Waals surface area (Å²) in [6.45, 7) is 1.91. The van der Waals surface area contributed by atoms with E-state index in [9.17, 15) is 9.90 Å². The molecule has 0 fully saturated rings. The molecule has 0 unspecified atom stereocenters. The van der Waals surface area contributed by atoms with E-state index in [-0.39, 0.29) is 11.9 Å². The number of rotatable bonds is 6. The molecule has 0 spiro atoms. The number of hydrogen-bond acceptors (Lipinski definition) is 3. The zero-order valence-corrected chi connectivity index (χ0v) is 12.8. The molecule has 0 aliphatic heterocycles. The lowest BCUT2D eigenvalue weighted by Gasteiger charge is -2.17. The Hall–Kier alpha value is -2.33. The summed E-state index contributed by atoms with van der Waals surface area (Å²) in [5.41, 5.74) is 1.66. The predicted octanol–water partition coefficient (Wildman–Crippen LogP) is 2.48. The fraction of sp³-hybridized carbons (Fsp3) is 0.278. The molecule has 0 bridgehead atoms. The van der Waals surface area contributed by atoms with Gasteiger partial charge in [0.2, 0.25) is 0 Å². The van der Waals surface area contributed by atoms with Crippen molar-refractivity contribution >= 4 is 5.91 Å². The fourth-order valence-electron chi connectivity index (χ4n) is 2.31. The molecule has 4 heteroatoms. The maximum absolute atomic E-state index is 12.1. The Morgan fingerprint density at radius 3 is 2.59 bits per heavy atom. The quantitative estimate of drug-likeness (QED) is 0.861. The number of ether oxygens (including phenoxy) is 1. The summed E-state index contributed by atoms with van der Waals surface area (Å²) in [7, 11) is 1.63. The van der Waals surface area contributed by atoms with Crippen molar-refractivity contribution in [2.75, 3.05) is 7.11 Å². The van der Waals surface area contributed by atoms with Crippen LogP contribution in [-0.4, -0.2) is 24.2 Å². The van der Waals surface area contributed by atoms with E-state index in [1.54, 1.807) is 31.4 Å². The van der Waals surface area contributed by atoms with Crippen molar-refractivity contribution in [2.45, 2.75) is 25.5 Å². The molecule has 0 heterocycles. The second-order valence-electron chi connectivity index (χ2n) is 5.28. The molecule has 1 amide bonds. The van der Waals surface area contributed by atoms with Crippen LogP contribution in [0.15, 0.2) is 54.6 Å². The molecule has 0 aromatic heterocycles. The van der Waals surface area contributed by atoms with Crippen molar-refractivity contribution in [3.8, 4) is 5.75 Å². The first-order valence-electron chi connectivity index (χ1n) is 7.26. The number of carbonyl (C=O) groups excluding carboxylic acids is 1. The van der Waals surface area contributed by atoms with Gasteiger partial charge in [-0.15, -0.1) is 0 Å². The highest BCUT2D eigenvalue weighted by atomic mass is 16.5. The SMILES string of the molecule is COc1cccc(C[C@@H](C)NC(=O)[C@@H](O)c2ccccc2)c1. The van der Waals surface area contributed by atoms with Crippen LogP contribution in [0.3, 0.4) is 0 Å². The molecule has 0 saturated heterocycles. The Balaban J connectivity index is 1.93. The third kappa shape index (κ3) is 4.33. The average Bonchev–Trinajstić information content (AvgIpc) is 2.55. The molecule has 2 atom stereocenters. The van der Waals surface area contributed by atoms with E-state index >= 15 is 0 Å². The lowest BCUT2D eigenvalue weighted by Crippen LogP contribution is -2.37. The van der Waals surface area contributed by atoms with Gasteiger partial charge in [-0.2, -0.15) is 0 Å². The zero-order chi connectivity index (χ0) is 15.9. The molecule has 0 saturated carbocycles. The fourth-order valence-corrected chi connectivity index (χ4v) is 2.31. The largest absolute Gasteiger partial charge is 0.497 e. The van der Waals surface area contributed by atoms with E-state index in [1.165, 1.54) is 0 Å². The van der Waals surface area contributed by atoms with Gasteiger partial charge < -0.3 is 15.2 Å². The smallest absolute Gasteiger partial charge is 0.253 e. The van der Waals surface area contributed by atoms with Gasteiger partial charge in [-0.05, 0) is 36.6 Å². The third-order valence-corrected chi connectivity index (χ3v) is 3.43. The number of amides is 1. The molecule has 116 valence electrons. The van der Waals surface area contributed by atoms with Gasteiger partial charge in [0.25, 0.3) is 5.91 Å². The van der Waals surface area contributed by atoms with E-state index < -0.39 is 6.10 Å². The van der Waals surface area contributed by atoms with Crippen LogP contribution in [0.4, 0.5) is 0 Å². The molecule has 2 aromatic carbocycles. The van der Waals surface area contributed by atoms with Gasteiger partial charge in [-0.25, -0.2) is 0 Å². The first kappa shape index (κ1) is 16.0. The minimum absolute atomic E-state index is 0.0852. The topological polar surface area (TPSA) is 58.6 Å². The number of nitrogens with one attached hydrogen (secondary N) is 1. The highest BCUT2D eigenvalue weighted by Crippen LogP contribution is 2.15. The lowest BCUT2D eigenvalue weighted by molar-refractivity contribution is -0.130. The summed E-state index contributed by atoms with van der Waals surface area (Å²) >= 11 is 0. The van der Waals surface area contributed by atoms with Crippen molar-refractivity contribution in [1.82, 2.24) is 5.32 Å². The molecule has 0 radical (unpaired) electrons. The molecule has 0 aliphatic carbocycles. The van der Waals surface area contributed by atoms with Crippen LogP contribution < -0.4 is 10.1 Å². The minimum Gasteiger partial charge on any atom is -0.497 e. The normalized spacial score (nSPS) is 13.2. The highest BCUT2D eigenvalue weighted by molar-refractivity contribution is 5.82. The molecular formula is C18H21NO3. The lowest BCUT2D eigenvalue weighted by atomic mass is 10.1. The zero-order valence-electron chi connectivity index (χ0n) is 12.8. The summed E-state index contributed by atoms with van der Waals surface area (Å²) in [6, 6.07) is 16.5. The van der Waals surface area contributed by atoms with Crippen LogP contribution in [-0.2, 0) is 11.2 Å². The number of methoxy groups -OCH3 is 1.